The average molecular weight is 684 g/mol. The van der Waals surface area contributed by atoms with Gasteiger partial charge in [-0.25, -0.2) is 4.99 Å². The van der Waals surface area contributed by atoms with Crippen LogP contribution >= 0.6 is 0 Å². The van der Waals surface area contributed by atoms with Crippen LogP contribution in [-0.4, -0.2) is 28.1 Å². The van der Waals surface area contributed by atoms with Gasteiger partial charge in [-0.2, -0.15) is 4.99 Å². The molecular weight excluding hydrogens is 647 g/mol. The number of fused-ring (bicyclic) bond motifs is 6. The number of pyridine rings is 1. The number of aliphatic imine (C=N–C) groups is 3. The van der Waals surface area contributed by atoms with Crippen molar-refractivity contribution in [3.8, 4) is 33.5 Å². The first-order valence-corrected chi connectivity index (χ1v) is 17.9. The molecule has 0 unspecified atom stereocenters. The van der Waals surface area contributed by atoms with Gasteiger partial charge in [0.15, 0.2) is 5.84 Å². The van der Waals surface area contributed by atoms with E-state index >= 15 is 0 Å². The summed E-state index contributed by atoms with van der Waals surface area (Å²) in [6.07, 6.45) is 1.89. The van der Waals surface area contributed by atoms with Gasteiger partial charge in [-0.15, -0.1) is 0 Å². The maximum atomic E-state index is 5.18. The van der Waals surface area contributed by atoms with Crippen LogP contribution in [0.1, 0.15) is 36.1 Å². The van der Waals surface area contributed by atoms with Gasteiger partial charge < -0.3 is 0 Å². The fourth-order valence-corrected chi connectivity index (χ4v) is 7.84. The van der Waals surface area contributed by atoms with Crippen molar-refractivity contribution in [3.63, 3.8) is 0 Å². The van der Waals surface area contributed by atoms with E-state index in [-0.39, 0.29) is 5.41 Å². The van der Waals surface area contributed by atoms with E-state index in [9.17, 15) is 0 Å². The van der Waals surface area contributed by atoms with Crippen molar-refractivity contribution in [2.24, 2.45) is 15.0 Å². The molecule has 0 saturated heterocycles. The molecule has 1 aliphatic rings. The second kappa shape index (κ2) is 13.1. The zero-order valence-electron chi connectivity index (χ0n) is 29.7. The third kappa shape index (κ3) is 5.58. The van der Waals surface area contributed by atoms with Crippen molar-refractivity contribution in [1.29, 1.82) is 0 Å². The molecule has 2 aromatic heterocycles. The second-order valence-corrected chi connectivity index (χ2v) is 14.0. The third-order valence-electron chi connectivity index (χ3n) is 10.5. The lowest BCUT2D eigenvalue weighted by Crippen LogP contribution is -2.14. The Morgan fingerprint density at radius 2 is 1.30 bits per heavy atom. The van der Waals surface area contributed by atoms with Gasteiger partial charge in [0, 0.05) is 33.5 Å². The zero-order valence-corrected chi connectivity index (χ0v) is 29.7. The summed E-state index contributed by atoms with van der Waals surface area (Å²) in [4.78, 5) is 19.8. The quantitative estimate of drug-likeness (QED) is 0.132. The van der Waals surface area contributed by atoms with Crippen LogP contribution in [0.2, 0.25) is 0 Å². The minimum Gasteiger partial charge on any atom is -0.276 e. The fourth-order valence-electron chi connectivity index (χ4n) is 7.84. The van der Waals surface area contributed by atoms with E-state index in [4.69, 9.17) is 15.0 Å². The molecule has 0 atom stereocenters. The number of rotatable bonds is 5. The normalized spacial score (nSPS) is 13.6. The molecule has 9 rings (SSSR count). The Hall–Kier alpha value is -6.72. The summed E-state index contributed by atoms with van der Waals surface area (Å²) in [5, 5.41) is 2.14. The molecule has 0 saturated carbocycles. The molecule has 6 aromatic carbocycles. The minimum atomic E-state index is -0.0426. The maximum Gasteiger partial charge on any atom is 0.236 e. The first kappa shape index (κ1) is 32.2. The summed E-state index contributed by atoms with van der Waals surface area (Å²) in [5.41, 5.74) is 13.3. The Morgan fingerprint density at radius 1 is 0.642 bits per heavy atom. The Balaban J connectivity index is 1.26. The van der Waals surface area contributed by atoms with Gasteiger partial charge in [-0.3, -0.25) is 14.5 Å². The van der Waals surface area contributed by atoms with Gasteiger partial charge in [0.25, 0.3) is 0 Å². The van der Waals surface area contributed by atoms with E-state index in [1.54, 1.807) is 0 Å². The second-order valence-electron chi connectivity index (χ2n) is 14.0. The van der Waals surface area contributed by atoms with Crippen LogP contribution in [0.15, 0.2) is 179 Å². The molecular formula is C48H37N5. The molecule has 0 bridgehead atoms. The van der Waals surface area contributed by atoms with Gasteiger partial charge in [-0.05, 0) is 69.9 Å². The predicted molar refractivity (Wildman–Crippen MR) is 221 cm³/mol. The highest BCUT2D eigenvalue weighted by atomic mass is 15.2. The molecule has 8 aromatic rings. The highest BCUT2D eigenvalue weighted by molar-refractivity contribution is 6.20. The Kier molecular flexibility index (Phi) is 7.97. The molecule has 0 N–H and O–H groups in total. The van der Waals surface area contributed by atoms with Crippen LogP contribution in [0.3, 0.4) is 0 Å². The van der Waals surface area contributed by atoms with Gasteiger partial charge >= 0.3 is 0 Å². The van der Waals surface area contributed by atoms with Crippen molar-refractivity contribution in [3.05, 3.63) is 186 Å². The largest absolute Gasteiger partial charge is 0.276 e. The number of nitrogens with zero attached hydrogens (tertiary/aromatic N) is 5. The highest BCUT2D eigenvalue weighted by Gasteiger charge is 2.35. The molecule has 53 heavy (non-hydrogen) atoms. The topological polar surface area (TPSA) is 54.9 Å². The standard InChI is InChI=1S/C48H37N5/c1-48(2)41-22-14-13-21-37(41)39-29-35(23-25-42(39)48)36-24-26-43-40(30-36)38-27-28-50-44(33-17-9-5-10-18-33)45(38)53(43)47(49-3)52-46(34-19-11-6-12-20-34)51-31-32-15-7-4-8-16-32/h4-30H,3,31H2,1-2H3. The monoisotopic (exact) mass is 683 g/mol. The summed E-state index contributed by atoms with van der Waals surface area (Å²) >= 11 is 0. The van der Waals surface area contributed by atoms with E-state index in [2.05, 4.69) is 121 Å². The van der Waals surface area contributed by atoms with E-state index in [1.807, 2.05) is 72.9 Å². The zero-order chi connectivity index (χ0) is 35.9. The van der Waals surface area contributed by atoms with Gasteiger partial charge in [0.05, 0.1) is 23.3 Å². The average Bonchev–Trinajstić information content (AvgIpc) is 3.67. The van der Waals surface area contributed by atoms with Crippen LogP contribution in [0.4, 0.5) is 0 Å². The van der Waals surface area contributed by atoms with Crippen LogP contribution in [0.5, 0.6) is 0 Å². The first-order valence-electron chi connectivity index (χ1n) is 17.9. The van der Waals surface area contributed by atoms with Crippen LogP contribution in [-0.2, 0) is 12.0 Å². The SMILES string of the molecule is C=NC(=NC(=NCc1ccccc1)c1ccccc1)n1c2ccc(-c3ccc4c(c3)-c3ccccc3C4(C)C)cc2c2ccnc(-c3ccccc3)c21. The summed E-state index contributed by atoms with van der Waals surface area (Å²) in [6.45, 7) is 9.17. The molecule has 0 fully saturated rings. The first-order chi connectivity index (χ1) is 26.0. The molecule has 0 radical (unpaired) electrons. The molecule has 5 nitrogen and oxygen atoms in total. The number of aromatic nitrogens is 2. The van der Waals surface area contributed by atoms with Crippen molar-refractivity contribution in [2.75, 3.05) is 0 Å². The predicted octanol–water partition coefficient (Wildman–Crippen LogP) is 11.4. The Morgan fingerprint density at radius 3 is 2.08 bits per heavy atom. The fraction of sp³-hybridized carbons (Fsp3) is 0.0833. The summed E-state index contributed by atoms with van der Waals surface area (Å²) in [7, 11) is 0. The lowest BCUT2D eigenvalue weighted by molar-refractivity contribution is 0.660. The van der Waals surface area contributed by atoms with E-state index < -0.39 is 0 Å². The highest BCUT2D eigenvalue weighted by Crippen LogP contribution is 2.49. The lowest BCUT2D eigenvalue weighted by Gasteiger charge is -2.21. The third-order valence-corrected chi connectivity index (χ3v) is 10.5. The van der Waals surface area contributed by atoms with Crippen LogP contribution < -0.4 is 0 Å². The van der Waals surface area contributed by atoms with Gasteiger partial charge in [0.1, 0.15) is 0 Å². The van der Waals surface area contributed by atoms with E-state index in [1.165, 1.54) is 27.8 Å². The number of amidine groups is 1. The molecule has 1 aliphatic carbocycles. The number of benzene rings is 6. The van der Waals surface area contributed by atoms with E-state index in [0.717, 1.165) is 49.8 Å². The summed E-state index contributed by atoms with van der Waals surface area (Å²) < 4.78 is 2.10. The summed E-state index contributed by atoms with van der Waals surface area (Å²) in [6, 6.07) is 55.0. The maximum absolute atomic E-state index is 5.18. The van der Waals surface area contributed by atoms with Crippen LogP contribution in [0.25, 0.3) is 55.3 Å². The van der Waals surface area contributed by atoms with Crippen LogP contribution in [0, 0.1) is 0 Å². The summed E-state index contributed by atoms with van der Waals surface area (Å²) in [5.74, 6) is 1.00. The van der Waals surface area contributed by atoms with Gasteiger partial charge in [0.2, 0.25) is 5.96 Å². The molecule has 2 heterocycles. The van der Waals surface area contributed by atoms with Crippen molar-refractivity contribution >= 4 is 40.3 Å². The molecule has 0 spiro atoms. The Bertz CT molecular complexity index is 2720. The Labute approximate surface area is 309 Å². The smallest absolute Gasteiger partial charge is 0.236 e. The molecule has 5 heteroatoms. The van der Waals surface area contributed by atoms with E-state index in [0.29, 0.717) is 18.3 Å². The molecule has 0 aliphatic heterocycles. The van der Waals surface area contributed by atoms with Crippen molar-refractivity contribution in [1.82, 2.24) is 9.55 Å². The number of hydrogen-bond acceptors (Lipinski definition) is 2. The molecule has 254 valence electrons. The lowest BCUT2D eigenvalue weighted by atomic mass is 9.82. The molecule has 0 amide bonds. The minimum absolute atomic E-state index is 0.0426. The van der Waals surface area contributed by atoms with Crippen molar-refractivity contribution in [2.45, 2.75) is 25.8 Å². The number of hydrogen-bond donors (Lipinski definition) is 0. The van der Waals surface area contributed by atoms with Crippen molar-refractivity contribution < 1.29 is 0 Å². The van der Waals surface area contributed by atoms with Gasteiger partial charge in [-0.1, -0.05) is 147 Å².